The molecule has 0 spiro atoms. The standard InChI is InChI=1S/C40H47FN2O3/c1-5-38(41)46-33-21-18-31(19-22-33)36-25-42-39-35(36)12-7-6-8-13-37(39)43-32-20-23-34(27(3)24-32)40(45)26(2)14-15-29-10-9-11-30(17-16-29)28(4)44/h6-7,12-13,18-26,29-30,38,43H,5,8-11,14-17H2,1-4H3/b7-6-,35-12?,37-13-. The number of rotatable bonds is 12. The van der Waals surface area contributed by atoms with Gasteiger partial charge in [0, 0.05) is 46.9 Å². The predicted octanol–water partition coefficient (Wildman–Crippen LogP) is 10.1. The van der Waals surface area contributed by atoms with E-state index in [2.05, 4.69) is 30.5 Å². The number of aliphatic imine (C=N–C) groups is 1. The Morgan fingerprint density at radius 2 is 1.87 bits per heavy atom. The number of hydrogen-bond donors (Lipinski definition) is 1. The van der Waals surface area contributed by atoms with E-state index in [1.165, 1.54) is 0 Å². The van der Waals surface area contributed by atoms with Crippen molar-refractivity contribution in [2.24, 2.45) is 22.7 Å². The highest BCUT2D eigenvalue weighted by atomic mass is 19.1. The van der Waals surface area contributed by atoms with Gasteiger partial charge in [-0.3, -0.25) is 14.6 Å². The summed E-state index contributed by atoms with van der Waals surface area (Å²) in [6.07, 6.45) is 17.3. The summed E-state index contributed by atoms with van der Waals surface area (Å²) in [5.74, 6) is 1.82. The largest absolute Gasteiger partial charge is 0.460 e. The number of fused-ring (bicyclic) bond motifs is 1. The van der Waals surface area contributed by atoms with Gasteiger partial charge in [-0.15, -0.1) is 0 Å². The molecule has 0 amide bonds. The number of anilines is 1. The number of allylic oxidation sites excluding steroid dienone is 6. The third-order valence-corrected chi connectivity index (χ3v) is 9.62. The quantitative estimate of drug-likeness (QED) is 0.189. The van der Waals surface area contributed by atoms with Crippen molar-refractivity contribution in [3.05, 3.63) is 101 Å². The van der Waals surface area contributed by atoms with Crippen LogP contribution < -0.4 is 10.1 Å². The minimum atomic E-state index is -1.32. The molecule has 1 aliphatic heterocycles. The van der Waals surface area contributed by atoms with Crippen molar-refractivity contribution in [3.8, 4) is 5.75 Å². The average molecular weight is 623 g/mol. The van der Waals surface area contributed by atoms with Crippen molar-refractivity contribution in [2.75, 3.05) is 5.32 Å². The first-order chi connectivity index (χ1) is 22.2. The first-order valence-electron chi connectivity index (χ1n) is 16.9. The molecule has 0 saturated heterocycles. The van der Waals surface area contributed by atoms with Crippen LogP contribution in [0.2, 0.25) is 0 Å². The van der Waals surface area contributed by atoms with E-state index in [0.29, 0.717) is 23.9 Å². The molecule has 2 aliphatic carbocycles. The second kappa shape index (κ2) is 15.5. The lowest BCUT2D eigenvalue weighted by atomic mass is 9.87. The van der Waals surface area contributed by atoms with Gasteiger partial charge in [0.2, 0.25) is 6.36 Å². The van der Waals surface area contributed by atoms with Crippen molar-refractivity contribution >= 4 is 28.5 Å². The molecule has 0 bridgehead atoms. The van der Waals surface area contributed by atoms with Crippen molar-refractivity contribution in [1.29, 1.82) is 0 Å². The summed E-state index contributed by atoms with van der Waals surface area (Å²) in [5.41, 5.74) is 7.37. The monoisotopic (exact) mass is 622 g/mol. The maximum atomic E-state index is 13.7. The third kappa shape index (κ3) is 8.20. The Morgan fingerprint density at radius 1 is 1.07 bits per heavy atom. The van der Waals surface area contributed by atoms with E-state index in [1.807, 2.05) is 49.5 Å². The maximum absolute atomic E-state index is 13.7. The fourth-order valence-corrected chi connectivity index (χ4v) is 6.72. The fourth-order valence-electron chi connectivity index (χ4n) is 6.72. The molecule has 2 aromatic rings. The van der Waals surface area contributed by atoms with E-state index in [-0.39, 0.29) is 17.6 Å². The number of halogens is 1. The topological polar surface area (TPSA) is 67.8 Å². The molecular formula is C40H47FN2O3. The second-order valence-electron chi connectivity index (χ2n) is 13.0. The average Bonchev–Trinajstić information content (AvgIpc) is 3.29. The second-order valence-corrected chi connectivity index (χ2v) is 13.0. The maximum Gasteiger partial charge on any atom is 0.238 e. The molecule has 2 aromatic carbocycles. The molecule has 1 heterocycles. The molecule has 5 nitrogen and oxygen atoms in total. The Kier molecular flexibility index (Phi) is 11.2. The van der Waals surface area contributed by atoms with Gasteiger partial charge in [0.15, 0.2) is 5.78 Å². The zero-order valence-electron chi connectivity index (χ0n) is 27.7. The number of ether oxygens (including phenoxy) is 1. The smallest absolute Gasteiger partial charge is 0.238 e. The molecule has 0 radical (unpaired) electrons. The van der Waals surface area contributed by atoms with Crippen LogP contribution in [0.5, 0.6) is 5.75 Å². The number of aryl methyl sites for hydroxylation is 1. The summed E-state index contributed by atoms with van der Waals surface area (Å²) in [6.45, 7) is 7.53. The Labute approximate surface area is 273 Å². The molecule has 5 rings (SSSR count). The highest BCUT2D eigenvalue weighted by Gasteiger charge is 2.25. The summed E-state index contributed by atoms with van der Waals surface area (Å²) >= 11 is 0. The van der Waals surface area contributed by atoms with E-state index >= 15 is 0 Å². The molecule has 0 aromatic heterocycles. The Balaban J connectivity index is 1.21. The third-order valence-electron chi connectivity index (χ3n) is 9.62. The van der Waals surface area contributed by atoms with E-state index in [1.54, 1.807) is 26.0 Å². The summed E-state index contributed by atoms with van der Waals surface area (Å²) in [4.78, 5) is 30.2. The zero-order chi connectivity index (χ0) is 32.6. The summed E-state index contributed by atoms with van der Waals surface area (Å²) < 4.78 is 19.0. The lowest BCUT2D eigenvalue weighted by molar-refractivity contribution is -0.121. The highest BCUT2D eigenvalue weighted by molar-refractivity contribution is 6.25. The lowest BCUT2D eigenvalue weighted by Crippen LogP contribution is -2.16. The van der Waals surface area contributed by atoms with Crippen LogP contribution in [-0.4, -0.2) is 23.6 Å². The van der Waals surface area contributed by atoms with E-state index in [4.69, 9.17) is 9.73 Å². The number of nitrogens with zero attached hydrogens (tertiary/aromatic N) is 1. The molecular weight excluding hydrogens is 575 g/mol. The van der Waals surface area contributed by atoms with Crippen molar-refractivity contribution < 1.29 is 18.7 Å². The number of Topliss-reactive ketones (excluding diaryl/α,β-unsaturated/α-hetero) is 2. The first-order valence-corrected chi connectivity index (χ1v) is 16.9. The number of hydrogen-bond acceptors (Lipinski definition) is 5. The molecule has 3 aliphatic rings. The first kappa shape index (κ1) is 33.3. The van der Waals surface area contributed by atoms with Gasteiger partial charge in [0.25, 0.3) is 0 Å². The van der Waals surface area contributed by atoms with Crippen LogP contribution in [0.1, 0.15) is 100 Å². The molecule has 242 valence electrons. The van der Waals surface area contributed by atoms with E-state index < -0.39 is 6.36 Å². The van der Waals surface area contributed by atoms with Crippen LogP contribution in [0.4, 0.5) is 10.1 Å². The number of benzene rings is 2. The van der Waals surface area contributed by atoms with Gasteiger partial charge in [-0.05, 0) is 99.7 Å². The summed E-state index contributed by atoms with van der Waals surface area (Å²) in [5, 5.41) is 3.58. The van der Waals surface area contributed by atoms with Crippen LogP contribution >= 0.6 is 0 Å². The van der Waals surface area contributed by atoms with Crippen LogP contribution in [0.25, 0.3) is 5.57 Å². The number of nitrogens with one attached hydrogen (secondary N) is 1. The SMILES string of the molecule is CCC(F)Oc1ccc(C2=CN=C3C2=C/C=C\C/C=C/3Nc2ccc(C(=O)C(C)CCC3CCCC(C(C)=O)CC3)c(C)c2)cc1. The molecule has 4 atom stereocenters. The van der Waals surface area contributed by atoms with E-state index in [9.17, 15) is 14.0 Å². The van der Waals surface area contributed by atoms with Gasteiger partial charge >= 0.3 is 0 Å². The van der Waals surface area contributed by atoms with Crippen molar-refractivity contribution in [3.63, 3.8) is 0 Å². The van der Waals surface area contributed by atoms with Gasteiger partial charge in [-0.1, -0.05) is 63.1 Å². The molecule has 1 fully saturated rings. The molecule has 6 heteroatoms. The van der Waals surface area contributed by atoms with Gasteiger partial charge in [-0.25, -0.2) is 4.39 Å². The summed E-state index contributed by atoms with van der Waals surface area (Å²) in [6, 6.07) is 13.4. The van der Waals surface area contributed by atoms with Gasteiger partial charge in [0.05, 0.1) is 11.4 Å². The lowest BCUT2D eigenvalue weighted by Gasteiger charge is -2.19. The highest BCUT2D eigenvalue weighted by Crippen LogP contribution is 2.35. The minimum Gasteiger partial charge on any atom is -0.460 e. The molecule has 1 saturated carbocycles. The van der Waals surface area contributed by atoms with Crippen LogP contribution in [0.15, 0.2) is 89.2 Å². The normalized spacial score (nSPS) is 22.7. The van der Waals surface area contributed by atoms with E-state index in [0.717, 1.165) is 96.3 Å². The van der Waals surface area contributed by atoms with Crippen LogP contribution in [-0.2, 0) is 4.79 Å². The molecule has 4 unspecified atom stereocenters. The summed E-state index contributed by atoms with van der Waals surface area (Å²) in [7, 11) is 0. The van der Waals surface area contributed by atoms with Crippen LogP contribution in [0.3, 0.4) is 0 Å². The number of alkyl halides is 1. The number of carbonyl (C=O) groups is 2. The van der Waals surface area contributed by atoms with Gasteiger partial charge < -0.3 is 10.1 Å². The van der Waals surface area contributed by atoms with Crippen molar-refractivity contribution in [1.82, 2.24) is 0 Å². The fraction of sp³-hybridized carbons (Fsp3) is 0.425. The van der Waals surface area contributed by atoms with Gasteiger partial charge in [-0.2, -0.15) is 0 Å². The Hall–Kier alpha value is -4.06. The zero-order valence-corrected chi connectivity index (χ0v) is 27.7. The van der Waals surface area contributed by atoms with Crippen molar-refractivity contribution in [2.45, 2.75) is 91.8 Å². The van der Waals surface area contributed by atoms with Crippen LogP contribution in [0, 0.1) is 24.7 Å². The Morgan fingerprint density at radius 3 is 2.61 bits per heavy atom. The number of ketones is 2. The van der Waals surface area contributed by atoms with Gasteiger partial charge in [0.1, 0.15) is 11.5 Å². The Bertz CT molecular complexity index is 1580. The molecule has 1 N–H and O–H groups in total. The molecule has 46 heavy (non-hydrogen) atoms. The number of carbonyl (C=O) groups excluding carboxylic acids is 2. The minimum absolute atomic E-state index is 0.0415. The predicted molar refractivity (Wildman–Crippen MR) is 186 cm³/mol.